The summed E-state index contributed by atoms with van der Waals surface area (Å²) >= 11 is 0. The Morgan fingerprint density at radius 2 is 1.15 bits per heavy atom. The smallest absolute Gasteiger partial charge is 0.129 e. The average molecular weight is 690 g/mol. The first-order valence-electron chi connectivity index (χ1n) is 18.5. The molecular formula is C48H51NO3. The van der Waals surface area contributed by atoms with Gasteiger partial charge >= 0.3 is 0 Å². The molecule has 0 saturated heterocycles. The van der Waals surface area contributed by atoms with Gasteiger partial charge in [-0.3, -0.25) is 4.98 Å². The van der Waals surface area contributed by atoms with Gasteiger partial charge in [0.05, 0.1) is 5.60 Å². The number of rotatable bonds is 16. The zero-order valence-electron chi connectivity index (χ0n) is 31.0. The normalized spacial score (nSPS) is 12.1. The lowest BCUT2D eigenvalue weighted by molar-refractivity contribution is 0.0739. The number of hydrogen-bond donors (Lipinski definition) is 1. The van der Waals surface area contributed by atoms with Crippen molar-refractivity contribution in [3.05, 3.63) is 196 Å². The number of benzene rings is 5. The first-order valence-corrected chi connectivity index (χ1v) is 18.5. The van der Waals surface area contributed by atoms with Crippen LogP contribution in [0.15, 0.2) is 146 Å². The number of aromatic nitrogens is 1. The van der Waals surface area contributed by atoms with Crippen LogP contribution >= 0.6 is 0 Å². The molecule has 0 radical (unpaired) electrons. The van der Waals surface area contributed by atoms with Gasteiger partial charge in [-0.25, -0.2) is 0 Å². The summed E-state index contributed by atoms with van der Waals surface area (Å²) in [5, 5.41) is 11.9. The highest BCUT2D eigenvalue weighted by molar-refractivity contribution is 5.57. The van der Waals surface area contributed by atoms with E-state index in [4.69, 9.17) is 9.47 Å². The molecule has 5 aromatic carbocycles. The Labute approximate surface area is 310 Å². The molecule has 6 aromatic rings. The van der Waals surface area contributed by atoms with Crippen LogP contribution in [0.3, 0.4) is 0 Å². The molecule has 266 valence electrons. The van der Waals surface area contributed by atoms with Crippen LogP contribution in [-0.4, -0.2) is 10.1 Å². The van der Waals surface area contributed by atoms with Crippen LogP contribution in [0, 0.1) is 5.92 Å². The zero-order chi connectivity index (χ0) is 36.3. The van der Waals surface area contributed by atoms with Crippen molar-refractivity contribution < 1.29 is 14.6 Å². The van der Waals surface area contributed by atoms with Crippen LogP contribution in [0.1, 0.15) is 90.1 Å². The van der Waals surface area contributed by atoms with Crippen molar-refractivity contribution >= 4 is 0 Å². The van der Waals surface area contributed by atoms with Gasteiger partial charge in [-0.1, -0.05) is 123 Å². The van der Waals surface area contributed by atoms with Gasteiger partial charge < -0.3 is 14.6 Å². The van der Waals surface area contributed by atoms with Crippen LogP contribution in [0.4, 0.5) is 0 Å². The maximum atomic E-state index is 11.9. The van der Waals surface area contributed by atoms with Crippen LogP contribution in [0.5, 0.6) is 11.5 Å². The fourth-order valence-electron chi connectivity index (χ4n) is 7.02. The zero-order valence-corrected chi connectivity index (χ0v) is 31.0. The molecule has 4 nitrogen and oxygen atoms in total. The fraction of sp³-hybridized carbons (Fsp3) is 0.271. The molecule has 0 saturated carbocycles. The van der Waals surface area contributed by atoms with E-state index in [1.165, 1.54) is 22.3 Å². The van der Waals surface area contributed by atoms with Crippen LogP contribution in [-0.2, 0) is 38.1 Å². The van der Waals surface area contributed by atoms with E-state index in [-0.39, 0.29) is 5.92 Å². The highest BCUT2D eigenvalue weighted by Gasteiger charge is 2.31. The molecule has 0 bridgehead atoms. The van der Waals surface area contributed by atoms with Crippen molar-refractivity contribution in [2.45, 2.75) is 78.1 Å². The molecule has 6 rings (SSSR count). The van der Waals surface area contributed by atoms with Crippen molar-refractivity contribution in [2.24, 2.45) is 5.92 Å². The molecule has 0 aliphatic carbocycles. The molecule has 1 N–H and O–H groups in total. The van der Waals surface area contributed by atoms with Gasteiger partial charge in [-0.05, 0) is 108 Å². The highest BCUT2D eigenvalue weighted by atomic mass is 16.5. The molecule has 0 fully saturated rings. The van der Waals surface area contributed by atoms with Crippen LogP contribution < -0.4 is 9.47 Å². The SMILES string of the molecule is CC(C)C(CCc1cccnc1)c1cc(C(C)(C)O)c(OCc2ccccc2)c(Cc2ccc(OCc3ccccc3)cc2)c1Cc1ccccc1. The summed E-state index contributed by atoms with van der Waals surface area (Å²) < 4.78 is 13.0. The van der Waals surface area contributed by atoms with Crippen LogP contribution in [0.2, 0.25) is 0 Å². The predicted molar refractivity (Wildman–Crippen MR) is 212 cm³/mol. The first kappa shape index (κ1) is 36.6. The molecule has 4 heteroatoms. The molecule has 1 unspecified atom stereocenters. The van der Waals surface area contributed by atoms with Crippen molar-refractivity contribution in [3.8, 4) is 11.5 Å². The van der Waals surface area contributed by atoms with E-state index in [0.717, 1.165) is 58.6 Å². The summed E-state index contributed by atoms with van der Waals surface area (Å²) in [6.45, 7) is 9.31. The Balaban J connectivity index is 1.47. The molecule has 1 heterocycles. The maximum Gasteiger partial charge on any atom is 0.129 e. The minimum Gasteiger partial charge on any atom is -0.489 e. The van der Waals surface area contributed by atoms with Crippen molar-refractivity contribution in [2.75, 3.05) is 0 Å². The number of nitrogens with zero attached hydrogens (tertiary/aromatic N) is 1. The van der Waals surface area contributed by atoms with E-state index >= 15 is 0 Å². The minimum atomic E-state index is -1.14. The lowest BCUT2D eigenvalue weighted by atomic mass is 9.76. The van der Waals surface area contributed by atoms with Gasteiger partial charge in [-0.2, -0.15) is 0 Å². The lowest BCUT2D eigenvalue weighted by Crippen LogP contribution is -2.22. The summed E-state index contributed by atoms with van der Waals surface area (Å²) in [4.78, 5) is 4.39. The molecule has 1 atom stereocenters. The van der Waals surface area contributed by atoms with E-state index in [9.17, 15) is 5.11 Å². The third-order valence-corrected chi connectivity index (χ3v) is 9.86. The number of pyridine rings is 1. The van der Waals surface area contributed by atoms with Gasteiger partial charge in [0.25, 0.3) is 0 Å². The van der Waals surface area contributed by atoms with E-state index in [2.05, 4.69) is 110 Å². The van der Waals surface area contributed by atoms with E-state index in [1.807, 2.05) is 68.7 Å². The number of ether oxygens (including phenoxy) is 2. The molecular weight excluding hydrogens is 639 g/mol. The van der Waals surface area contributed by atoms with Gasteiger partial charge in [0.1, 0.15) is 24.7 Å². The molecule has 0 aliphatic rings. The Morgan fingerprint density at radius 1 is 0.615 bits per heavy atom. The van der Waals surface area contributed by atoms with Crippen molar-refractivity contribution in [1.29, 1.82) is 0 Å². The summed E-state index contributed by atoms with van der Waals surface area (Å²) in [5.41, 5.74) is 9.22. The second-order valence-electron chi connectivity index (χ2n) is 14.6. The minimum absolute atomic E-state index is 0.246. The summed E-state index contributed by atoms with van der Waals surface area (Å²) in [6, 6.07) is 46.1. The Kier molecular flexibility index (Phi) is 12.2. The largest absolute Gasteiger partial charge is 0.489 e. The molecule has 1 aromatic heterocycles. The lowest BCUT2D eigenvalue weighted by Gasteiger charge is -2.32. The number of aliphatic hydroxyl groups is 1. The van der Waals surface area contributed by atoms with E-state index in [1.54, 1.807) is 0 Å². The van der Waals surface area contributed by atoms with Gasteiger partial charge in [-0.15, -0.1) is 0 Å². The molecule has 0 spiro atoms. The first-order chi connectivity index (χ1) is 25.2. The van der Waals surface area contributed by atoms with Gasteiger partial charge in [0, 0.05) is 29.9 Å². The molecule has 0 aliphatic heterocycles. The number of hydrogen-bond acceptors (Lipinski definition) is 4. The van der Waals surface area contributed by atoms with Crippen molar-refractivity contribution in [1.82, 2.24) is 4.98 Å². The Bertz CT molecular complexity index is 1970. The summed E-state index contributed by atoms with van der Waals surface area (Å²) in [5.74, 6) is 2.21. The monoisotopic (exact) mass is 689 g/mol. The third kappa shape index (κ3) is 9.77. The Morgan fingerprint density at radius 3 is 1.71 bits per heavy atom. The maximum absolute atomic E-state index is 11.9. The number of aryl methyl sites for hydroxylation is 1. The highest BCUT2D eigenvalue weighted by Crippen LogP contribution is 2.44. The van der Waals surface area contributed by atoms with Crippen LogP contribution in [0.25, 0.3) is 0 Å². The summed E-state index contributed by atoms with van der Waals surface area (Å²) in [6.07, 6.45) is 7.10. The van der Waals surface area contributed by atoms with Gasteiger partial charge in [0.15, 0.2) is 0 Å². The second kappa shape index (κ2) is 17.4. The molecule has 52 heavy (non-hydrogen) atoms. The van der Waals surface area contributed by atoms with E-state index in [0.29, 0.717) is 25.6 Å². The topological polar surface area (TPSA) is 51.6 Å². The average Bonchev–Trinajstić information content (AvgIpc) is 3.16. The summed E-state index contributed by atoms with van der Waals surface area (Å²) in [7, 11) is 0. The quantitative estimate of drug-likeness (QED) is 0.110. The Hall–Kier alpha value is -5.19. The van der Waals surface area contributed by atoms with Crippen molar-refractivity contribution in [3.63, 3.8) is 0 Å². The second-order valence-corrected chi connectivity index (χ2v) is 14.6. The standard InChI is InChI=1S/C48H51NO3/c1-35(2)42(27-24-38-21-14-28-49-32-38)44-31-46(48(3,4)50)47(52-34-40-19-12-7-13-20-40)45(43(44)29-36-15-8-5-9-16-36)30-37-22-25-41(26-23-37)51-33-39-17-10-6-11-18-39/h5-23,25-26,28,31-32,35,42,50H,24,27,29-30,33-34H2,1-4H3. The van der Waals surface area contributed by atoms with E-state index < -0.39 is 5.60 Å². The van der Waals surface area contributed by atoms with Gasteiger partial charge in [0.2, 0.25) is 0 Å². The molecule has 0 amide bonds. The third-order valence-electron chi connectivity index (χ3n) is 9.86. The predicted octanol–water partition coefficient (Wildman–Crippen LogP) is 11.0. The fourth-order valence-corrected chi connectivity index (χ4v) is 7.02.